The maximum absolute atomic E-state index is 2.35. The molecule has 6 aromatic rings. The van der Waals surface area contributed by atoms with Gasteiger partial charge in [0.25, 0.3) is 0 Å². The van der Waals surface area contributed by atoms with Crippen molar-refractivity contribution < 1.29 is 4.68 Å². The average molecular weight is 476 g/mol. The maximum atomic E-state index is 2.35. The van der Waals surface area contributed by atoms with Crippen molar-refractivity contribution in [3.63, 3.8) is 0 Å². The van der Waals surface area contributed by atoms with Gasteiger partial charge in [0, 0.05) is 23.3 Å². The fourth-order valence-electron chi connectivity index (χ4n) is 4.75. The Hall–Kier alpha value is -4.95. The van der Waals surface area contributed by atoms with Crippen LogP contribution in [0.25, 0.3) is 33.6 Å². The number of para-hydroxylation sites is 2. The molecule has 176 valence electrons. The first-order valence-corrected chi connectivity index (χ1v) is 12.6. The lowest BCUT2D eigenvalue weighted by molar-refractivity contribution is -0.653. The second-order valence-electron chi connectivity index (χ2n) is 8.91. The van der Waals surface area contributed by atoms with E-state index in [4.69, 9.17) is 0 Å². The second-order valence-corrected chi connectivity index (χ2v) is 8.91. The molecule has 6 rings (SSSR count). The fourth-order valence-corrected chi connectivity index (χ4v) is 4.75. The highest BCUT2D eigenvalue weighted by Crippen LogP contribution is 2.32. The summed E-state index contributed by atoms with van der Waals surface area (Å²) < 4.78 is 2.35. The van der Waals surface area contributed by atoms with Crippen molar-refractivity contribution in [1.82, 2.24) is 0 Å². The topological polar surface area (TPSA) is 7.12 Å². The van der Waals surface area contributed by atoms with Gasteiger partial charge in [-0.15, -0.1) is 5.01 Å². The van der Waals surface area contributed by atoms with Crippen LogP contribution in [0.1, 0.15) is 0 Å². The van der Waals surface area contributed by atoms with Crippen molar-refractivity contribution in [2.24, 2.45) is 0 Å². The summed E-state index contributed by atoms with van der Waals surface area (Å²) in [6, 6.07) is 57.6. The molecule has 2 heteroatoms. The van der Waals surface area contributed by atoms with E-state index in [1.54, 1.807) is 0 Å². The van der Waals surface area contributed by atoms with Crippen molar-refractivity contribution in [2.45, 2.75) is 0 Å². The highest BCUT2D eigenvalue weighted by atomic mass is 15.6. The van der Waals surface area contributed by atoms with E-state index in [-0.39, 0.29) is 0 Å². The molecule has 0 bridgehead atoms. The Bertz CT molecular complexity index is 1480. The molecule has 0 unspecified atom stereocenters. The average Bonchev–Trinajstić information content (AvgIpc) is 3.00. The molecule has 0 saturated heterocycles. The van der Waals surface area contributed by atoms with Gasteiger partial charge in [-0.05, 0) is 59.7 Å². The molecule has 0 aliphatic rings. The Kier molecular flexibility index (Phi) is 6.30. The zero-order chi connectivity index (χ0) is 24.9. The van der Waals surface area contributed by atoms with Crippen LogP contribution in [-0.2, 0) is 0 Å². The van der Waals surface area contributed by atoms with Gasteiger partial charge in [0.2, 0.25) is 11.4 Å². The molecule has 0 atom stereocenters. The SMILES string of the molecule is c1ccc(-c2cc(-c3ccccc3)[n+](N(c3ccccc3)c3ccccc3)c(-c3ccccc3)c2)cc1. The molecular weight excluding hydrogens is 448 g/mol. The van der Waals surface area contributed by atoms with E-state index in [9.17, 15) is 0 Å². The van der Waals surface area contributed by atoms with Crippen molar-refractivity contribution in [1.29, 1.82) is 0 Å². The predicted molar refractivity (Wildman–Crippen MR) is 153 cm³/mol. The molecule has 0 aliphatic heterocycles. The van der Waals surface area contributed by atoms with Crippen LogP contribution in [0.3, 0.4) is 0 Å². The Balaban J connectivity index is 1.74. The molecule has 0 spiro atoms. The summed E-state index contributed by atoms with van der Waals surface area (Å²) in [5, 5.41) is 2.30. The number of hydrogen-bond acceptors (Lipinski definition) is 1. The van der Waals surface area contributed by atoms with E-state index in [0.29, 0.717) is 0 Å². The number of pyridine rings is 1. The number of aromatic nitrogens is 1. The first kappa shape index (κ1) is 22.5. The van der Waals surface area contributed by atoms with E-state index >= 15 is 0 Å². The highest BCUT2D eigenvalue weighted by Gasteiger charge is 2.30. The van der Waals surface area contributed by atoms with Gasteiger partial charge >= 0.3 is 0 Å². The minimum absolute atomic E-state index is 1.08. The summed E-state index contributed by atoms with van der Waals surface area (Å²) in [6.45, 7) is 0. The molecule has 1 heterocycles. The van der Waals surface area contributed by atoms with Gasteiger partial charge < -0.3 is 0 Å². The van der Waals surface area contributed by atoms with Crippen LogP contribution in [0.2, 0.25) is 0 Å². The smallest absolute Gasteiger partial charge is 0.115 e. The Labute approximate surface area is 218 Å². The van der Waals surface area contributed by atoms with Gasteiger partial charge in [-0.1, -0.05) is 108 Å². The van der Waals surface area contributed by atoms with Gasteiger partial charge in [0.1, 0.15) is 11.4 Å². The second kappa shape index (κ2) is 10.3. The van der Waals surface area contributed by atoms with Crippen molar-refractivity contribution in [3.05, 3.63) is 164 Å². The number of anilines is 2. The van der Waals surface area contributed by atoms with Crippen LogP contribution >= 0.6 is 0 Å². The standard InChI is InChI=1S/C35H27N2/c1-6-16-28(17-7-1)31-26-34(29-18-8-2-9-19-29)37(35(27-31)30-20-10-3-11-21-30)36(32-22-12-4-13-23-32)33-24-14-5-15-25-33/h1-27H/q+1. The van der Waals surface area contributed by atoms with E-state index in [1.807, 2.05) is 0 Å². The number of nitrogens with zero attached hydrogens (tertiary/aromatic N) is 2. The number of benzene rings is 5. The normalized spacial score (nSPS) is 10.7. The van der Waals surface area contributed by atoms with E-state index in [0.717, 1.165) is 33.9 Å². The lowest BCUT2D eigenvalue weighted by Crippen LogP contribution is -2.54. The first-order chi connectivity index (χ1) is 18.4. The summed E-state index contributed by atoms with van der Waals surface area (Å²) >= 11 is 0. The lowest BCUT2D eigenvalue weighted by Gasteiger charge is -2.23. The maximum Gasteiger partial charge on any atom is 0.244 e. The third-order valence-electron chi connectivity index (χ3n) is 6.49. The third-order valence-corrected chi connectivity index (χ3v) is 6.49. The van der Waals surface area contributed by atoms with Crippen LogP contribution in [0.5, 0.6) is 0 Å². The lowest BCUT2D eigenvalue weighted by atomic mass is 9.99. The van der Waals surface area contributed by atoms with Crippen LogP contribution in [0.4, 0.5) is 11.4 Å². The summed E-state index contributed by atoms with van der Waals surface area (Å²) in [7, 11) is 0. The fraction of sp³-hybridized carbons (Fsp3) is 0. The third kappa shape index (κ3) is 4.65. The van der Waals surface area contributed by atoms with Crippen LogP contribution in [0, 0.1) is 0 Å². The molecule has 2 nitrogen and oxygen atoms in total. The molecule has 0 amide bonds. The minimum atomic E-state index is 1.08. The van der Waals surface area contributed by atoms with Crippen molar-refractivity contribution >= 4 is 11.4 Å². The molecule has 37 heavy (non-hydrogen) atoms. The van der Waals surface area contributed by atoms with Crippen LogP contribution < -0.4 is 9.69 Å². The Morgan fingerprint density at radius 1 is 0.324 bits per heavy atom. The van der Waals surface area contributed by atoms with E-state index in [1.165, 1.54) is 11.1 Å². The Morgan fingerprint density at radius 3 is 1.03 bits per heavy atom. The summed E-state index contributed by atoms with van der Waals surface area (Å²) in [5.74, 6) is 0. The Morgan fingerprint density at radius 2 is 0.649 bits per heavy atom. The quantitative estimate of drug-likeness (QED) is 0.219. The number of hydrogen-bond donors (Lipinski definition) is 0. The van der Waals surface area contributed by atoms with Crippen LogP contribution in [-0.4, -0.2) is 0 Å². The van der Waals surface area contributed by atoms with E-state index in [2.05, 4.69) is 173 Å². The summed E-state index contributed by atoms with van der Waals surface area (Å²) in [4.78, 5) is 0. The zero-order valence-corrected chi connectivity index (χ0v) is 20.5. The minimum Gasteiger partial charge on any atom is -0.115 e. The van der Waals surface area contributed by atoms with Crippen molar-refractivity contribution in [2.75, 3.05) is 5.01 Å². The molecule has 0 saturated carbocycles. The van der Waals surface area contributed by atoms with E-state index < -0.39 is 0 Å². The monoisotopic (exact) mass is 475 g/mol. The molecule has 1 aromatic heterocycles. The van der Waals surface area contributed by atoms with Gasteiger partial charge in [-0.25, -0.2) is 0 Å². The predicted octanol–water partition coefficient (Wildman–Crippen LogP) is 8.58. The summed E-state index contributed by atoms with van der Waals surface area (Å²) in [6.07, 6.45) is 0. The van der Waals surface area contributed by atoms with Gasteiger partial charge in [-0.3, -0.25) is 0 Å². The molecule has 0 N–H and O–H groups in total. The van der Waals surface area contributed by atoms with Gasteiger partial charge in [-0.2, -0.15) is 0 Å². The van der Waals surface area contributed by atoms with Crippen molar-refractivity contribution in [3.8, 4) is 33.6 Å². The molecule has 0 radical (unpaired) electrons. The molecule has 5 aromatic carbocycles. The van der Waals surface area contributed by atoms with Gasteiger partial charge in [0.05, 0.1) is 0 Å². The highest BCUT2D eigenvalue weighted by molar-refractivity contribution is 5.75. The largest absolute Gasteiger partial charge is 0.244 e. The molecule has 0 fully saturated rings. The zero-order valence-electron chi connectivity index (χ0n) is 20.5. The molecular formula is C35H27N2+. The van der Waals surface area contributed by atoms with Crippen LogP contribution in [0.15, 0.2) is 164 Å². The number of rotatable bonds is 6. The van der Waals surface area contributed by atoms with Gasteiger partial charge in [0.15, 0.2) is 0 Å². The summed E-state index contributed by atoms with van der Waals surface area (Å²) in [5.41, 5.74) is 9.04. The first-order valence-electron chi connectivity index (χ1n) is 12.6. The molecule has 0 aliphatic carbocycles.